The number of benzene rings is 1. The van der Waals surface area contributed by atoms with Gasteiger partial charge in [0, 0.05) is 35.8 Å². The molecule has 2 heterocycles. The zero-order valence-electron chi connectivity index (χ0n) is 14.9. The lowest BCUT2D eigenvalue weighted by molar-refractivity contribution is -0.117. The van der Waals surface area contributed by atoms with E-state index < -0.39 is 0 Å². The third-order valence-corrected chi connectivity index (χ3v) is 5.25. The summed E-state index contributed by atoms with van der Waals surface area (Å²) < 4.78 is 5.74. The number of hydrogen-bond acceptors (Lipinski definition) is 5. The second-order valence-electron chi connectivity index (χ2n) is 6.57. The minimum Gasteiger partial charge on any atom is -0.377 e. The second kappa shape index (κ2) is 9.07. The number of Topliss-reactive ketones (excluding diaryl/α,β-unsaturated/α-hetero) is 1. The summed E-state index contributed by atoms with van der Waals surface area (Å²) in [7, 11) is 0. The third kappa shape index (κ3) is 5.49. The van der Waals surface area contributed by atoms with E-state index in [2.05, 4.69) is 21.7 Å². The van der Waals surface area contributed by atoms with Crippen LogP contribution in [0.2, 0.25) is 0 Å². The maximum absolute atomic E-state index is 12.5. The number of hydrogen-bond donors (Lipinski definition) is 1. The zero-order chi connectivity index (χ0) is 18.4. The molecule has 1 amide bonds. The minimum absolute atomic E-state index is 0.0153. The number of anilines is 1. The van der Waals surface area contributed by atoms with Crippen molar-refractivity contribution in [3.63, 3.8) is 0 Å². The van der Waals surface area contributed by atoms with E-state index in [1.54, 1.807) is 35.6 Å². The predicted octanol–water partition coefficient (Wildman–Crippen LogP) is 3.57. The van der Waals surface area contributed by atoms with Crippen molar-refractivity contribution < 1.29 is 14.3 Å². The van der Waals surface area contributed by atoms with Crippen LogP contribution in [-0.4, -0.2) is 42.4 Å². The molecule has 138 valence electrons. The Hall–Kier alpha value is -2.02. The average molecular weight is 372 g/mol. The number of carbonyl (C=O) groups is 2. The molecule has 1 fully saturated rings. The van der Waals surface area contributed by atoms with Gasteiger partial charge in [0.25, 0.3) is 0 Å². The van der Waals surface area contributed by atoms with Crippen LogP contribution in [0.1, 0.15) is 35.0 Å². The van der Waals surface area contributed by atoms with Crippen LogP contribution in [-0.2, 0) is 16.1 Å². The Morgan fingerprint density at radius 1 is 1.27 bits per heavy atom. The molecular formula is C20H24N2O3S. The van der Waals surface area contributed by atoms with E-state index in [9.17, 15) is 9.59 Å². The van der Waals surface area contributed by atoms with Crippen molar-refractivity contribution >= 4 is 28.7 Å². The molecule has 1 aromatic carbocycles. The molecule has 2 aromatic rings. The molecule has 1 unspecified atom stereocenters. The monoisotopic (exact) mass is 372 g/mol. The number of rotatable bonds is 8. The molecule has 1 saturated heterocycles. The van der Waals surface area contributed by atoms with Crippen molar-refractivity contribution in [3.05, 3.63) is 52.2 Å². The molecule has 0 saturated carbocycles. The topological polar surface area (TPSA) is 58.6 Å². The quantitative estimate of drug-likeness (QED) is 0.720. The standard InChI is InChI=1S/C20H24N2O3S/c1-15(23)16-6-8-17(9-7-16)21-20(24)14-22(12-18-4-2-10-25-18)13-19-5-3-11-26-19/h3,5-9,11,18H,2,4,10,12-14H2,1H3,(H,21,24). The van der Waals surface area contributed by atoms with Crippen LogP contribution in [0, 0.1) is 0 Å². The predicted molar refractivity (Wildman–Crippen MR) is 104 cm³/mol. The molecule has 1 aromatic heterocycles. The van der Waals surface area contributed by atoms with Gasteiger partial charge in [0.15, 0.2) is 5.78 Å². The molecule has 6 heteroatoms. The van der Waals surface area contributed by atoms with Crippen LogP contribution >= 0.6 is 11.3 Å². The molecule has 1 aliphatic rings. The highest BCUT2D eigenvalue weighted by atomic mass is 32.1. The van der Waals surface area contributed by atoms with Crippen LogP contribution in [0.3, 0.4) is 0 Å². The highest BCUT2D eigenvalue weighted by Crippen LogP contribution is 2.17. The number of nitrogens with one attached hydrogen (secondary N) is 1. The van der Waals surface area contributed by atoms with Crippen molar-refractivity contribution in [1.29, 1.82) is 0 Å². The van der Waals surface area contributed by atoms with Gasteiger partial charge in [-0.3, -0.25) is 14.5 Å². The van der Waals surface area contributed by atoms with E-state index >= 15 is 0 Å². The fourth-order valence-electron chi connectivity index (χ4n) is 3.08. The normalized spacial score (nSPS) is 16.8. The van der Waals surface area contributed by atoms with Crippen LogP contribution < -0.4 is 5.32 Å². The van der Waals surface area contributed by atoms with Crippen LogP contribution in [0.15, 0.2) is 41.8 Å². The summed E-state index contributed by atoms with van der Waals surface area (Å²) in [6.45, 7) is 4.16. The molecule has 1 N–H and O–H groups in total. The maximum atomic E-state index is 12.5. The van der Waals surface area contributed by atoms with Crippen molar-refractivity contribution in [2.75, 3.05) is 25.0 Å². The van der Waals surface area contributed by atoms with Crippen LogP contribution in [0.5, 0.6) is 0 Å². The number of nitrogens with zero attached hydrogens (tertiary/aromatic N) is 1. The average Bonchev–Trinajstić information content (AvgIpc) is 3.29. The Labute approximate surface area is 158 Å². The van der Waals surface area contributed by atoms with E-state index in [4.69, 9.17) is 4.74 Å². The maximum Gasteiger partial charge on any atom is 0.238 e. The SMILES string of the molecule is CC(=O)c1ccc(NC(=O)CN(Cc2cccs2)CC2CCCO2)cc1. The third-order valence-electron chi connectivity index (χ3n) is 4.39. The fourth-order valence-corrected chi connectivity index (χ4v) is 3.82. The van der Waals surface area contributed by atoms with E-state index in [1.165, 1.54) is 11.8 Å². The van der Waals surface area contributed by atoms with Crippen molar-refractivity contribution in [1.82, 2.24) is 4.90 Å². The van der Waals surface area contributed by atoms with Gasteiger partial charge in [0.1, 0.15) is 0 Å². The molecule has 0 spiro atoms. The lowest BCUT2D eigenvalue weighted by atomic mass is 10.1. The van der Waals surface area contributed by atoms with Gasteiger partial charge in [0.05, 0.1) is 12.6 Å². The number of amides is 1. The zero-order valence-corrected chi connectivity index (χ0v) is 15.8. The number of thiophene rings is 1. The Balaban J connectivity index is 1.58. The first-order valence-corrected chi connectivity index (χ1v) is 9.75. The summed E-state index contributed by atoms with van der Waals surface area (Å²) in [5.74, 6) is -0.0447. The Morgan fingerprint density at radius 3 is 2.69 bits per heavy atom. The first-order chi connectivity index (χ1) is 12.6. The van der Waals surface area contributed by atoms with E-state index in [1.807, 2.05) is 6.07 Å². The van der Waals surface area contributed by atoms with E-state index in [0.29, 0.717) is 17.8 Å². The molecule has 1 atom stereocenters. The van der Waals surface area contributed by atoms with Gasteiger partial charge in [-0.05, 0) is 55.5 Å². The summed E-state index contributed by atoms with van der Waals surface area (Å²) >= 11 is 1.70. The number of carbonyl (C=O) groups excluding carboxylic acids is 2. The number of ether oxygens (including phenoxy) is 1. The summed E-state index contributed by atoms with van der Waals surface area (Å²) in [5, 5.41) is 4.97. The lowest BCUT2D eigenvalue weighted by Gasteiger charge is -2.24. The molecular weight excluding hydrogens is 348 g/mol. The molecule has 3 rings (SSSR count). The van der Waals surface area contributed by atoms with Gasteiger partial charge in [-0.25, -0.2) is 0 Å². The molecule has 5 nitrogen and oxygen atoms in total. The Morgan fingerprint density at radius 2 is 2.08 bits per heavy atom. The van der Waals surface area contributed by atoms with E-state index in [0.717, 1.165) is 32.5 Å². The van der Waals surface area contributed by atoms with Gasteiger partial charge in [-0.15, -0.1) is 11.3 Å². The van der Waals surface area contributed by atoms with Crippen molar-refractivity contribution in [2.24, 2.45) is 0 Å². The second-order valence-corrected chi connectivity index (χ2v) is 7.60. The Kier molecular flexibility index (Phi) is 6.55. The smallest absolute Gasteiger partial charge is 0.238 e. The van der Waals surface area contributed by atoms with Gasteiger partial charge in [-0.2, -0.15) is 0 Å². The number of ketones is 1. The Bertz CT molecular complexity index is 722. The largest absolute Gasteiger partial charge is 0.377 e. The fraction of sp³-hybridized carbons (Fsp3) is 0.400. The summed E-state index contributed by atoms with van der Waals surface area (Å²) in [6.07, 6.45) is 2.35. The first kappa shape index (κ1) is 18.8. The first-order valence-electron chi connectivity index (χ1n) is 8.87. The molecule has 0 bridgehead atoms. The molecule has 0 radical (unpaired) electrons. The minimum atomic E-state index is -0.0601. The van der Waals surface area contributed by atoms with Gasteiger partial charge in [0.2, 0.25) is 5.91 Å². The van der Waals surface area contributed by atoms with E-state index in [-0.39, 0.29) is 17.8 Å². The lowest BCUT2D eigenvalue weighted by Crippen LogP contribution is -2.37. The molecule has 0 aliphatic carbocycles. The molecule has 1 aliphatic heterocycles. The summed E-state index contributed by atoms with van der Waals surface area (Å²) in [6, 6.07) is 11.1. The summed E-state index contributed by atoms with van der Waals surface area (Å²) in [4.78, 5) is 27.2. The highest BCUT2D eigenvalue weighted by Gasteiger charge is 2.21. The van der Waals surface area contributed by atoms with Crippen molar-refractivity contribution in [2.45, 2.75) is 32.4 Å². The van der Waals surface area contributed by atoms with Gasteiger partial charge in [-0.1, -0.05) is 6.07 Å². The molecule has 26 heavy (non-hydrogen) atoms. The van der Waals surface area contributed by atoms with Crippen molar-refractivity contribution in [3.8, 4) is 0 Å². The van der Waals surface area contributed by atoms with Gasteiger partial charge < -0.3 is 10.1 Å². The van der Waals surface area contributed by atoms with Crippen LogP contribution in [0.25, 0.3) is 0 Å². The van der Waals surface area contributed by atoms with Gasteiger partial charge >= 0.3 is 0 Å². The van der Waals surface area contributed by atoms with Crippen LogP contribution in [0.4, 0.5) is 5.69 Å². The highest BCUT2D eigenvalue weighted by molar-refractivity contribution is 7.09. The summed E-state index contributed by atoms with van der Waals surface area (Å²) in [5.41, 5.74) is 1.34.